The minimum absolute atomic E-state index is 0.325. The largest absolute Gasteiger partial charge is 0.309 e. The lowest BCUT2D eigenvalue weighted by atomic mass is 10.2. The summed E-state index contributed by atoms with van der Waals surface area (Å²) in [6.45, 7) is 1.63. The van der Waals surface area contributed by atoms with Crippen LogP contribution in [0.2, 0.25) is 0 Å². The van der Waals surface area contributed by atoms with Crippen LogP contribution in [0.25, 0.3) is 10.9 Å². The van der Waals surface area contributed by atoms with Gasteiger partial charge in [0, 0.05) is 24.1 Å². The molecule has 0 bridgehead atoms. The molecule has 0 radical (unpaired) electrons. The number of fused-ring (bicyclic) bond motifs is 2. The zero-order chi connectivity index (χ0) is 17.6. The van der Waals surface area contributed by atoms with Gasteiger partial charge in [-0.3, -0.25) is 14.3 Å². The van der Waals surface area contributed by atoms with Crippen molar-refractivity contribution in [3.63, 3.8) is 0 Å². The highest BCUT2D eigenvalue weighted by atomic mass is 32.2. The van der Waals surface area contributed by atoms with Crippen LogP contribution < -0.4 is 10.9 Å². The maximum absolute atomic E-state index is 12.7. The fourth-order valence-electron chi connectivity index (χ4n) is 2.88. The molecule has 3 aromatic rings. The summed E-state index contributed by atoms with van der Waals surface area (Å²) in [6, 6.07) is 6.16. The van der Waals surface area contributed by atoms with E-state index in [4.69, 9.17) is 0 Å². The number of thioether (sulfide) groups is 1. The third-order valence-electron chi connectivity index (χ3n) is 4.29. The first-order valence-corrected chi connectivity index (χ1v) is 8.99. The molecular formula is C16H16N6O2S. The average Bonchev–Trinajstić information content (AvgIpc) is 3.17. The molecule has 0 saturated heterocycles. The summed E-state index contributed by atoms with van der Waals surface area (Å²) in [5, 5.41) is 15.7. The average molecular weight is 356 g/mol. The first kappa shape index (κ1) is 15.8. The summed E-state index contributed by atoms with van der Waals surface area (Å²) in [5.41, 5.74) is 2.22. The van der Waals surface area contributed by atoms with Crippen LogP contribution in [0.1, 0.15) is 24.2 Å². The minimum atomic E-state index is -0.788. The number of amides is 1. The summed E-state index contributed by atoms with van der Waals surface area (Å²) < 4.78 is 2.78. The van der Waals surface area contributed by atoms with Crippen molar-refractivity contribution in [2.45, 2.75) is 24.5 Å². The van der Waals surface area contributed by atoms with Crippen LogP contribution >= 0.6 is 11.8 Å². The second-order valence-electron chi connectivity index (χ2n) is 5.91. The normalized spacial score (nSPS) is 14.5. The zero-order valence-electron chi connectivity index (χ0n) is 13.8. The number of carbonyl (C=O) groups is 1. The highest BCUT2D eigenvalue weighted by molar-refractivity contribution is 7.98. The molecule has 1 aliphatic rings. The summed E-state index contributed by atoms with van der Waals surface area (Å²) in [5.74, 6) is 2.03. The molecule has 3 heterocycles. The summed E-state index contributed by atoms with van der Waals surface area (Å²) in [7, 11) is 1.80. The molecular weight excluding hydrogens is 340 g/mol. The van der Waals surface area contributed by atoms with E-state index in [-0.39, 0.29) is 11.5 Å². The molecule has 0 aliphatic carbocycles. The summed E-state index contributed by atoms with van der Waals surface area (Å²) >= 11 is 1.76. The highest BCUT2D eigenvalue weighted by Gasteiger charge is 2.25. The Kier molecular flexibility index (Phi) is 3.79. The monoisotopic (exact) mass is 356 g/mol. The van der Waals surface area contributed by atoms with Gasteiger partial charge in [-0.05, 0) is 19.1 Å². The Morgan fingerprint density at radius 1 is 1.32 bits per heavy atom. The fourth-order valence-corrected chi connectivity index (χ4v) is 3.92. The predicted molar refractivity (Wildman–Crippen MR) is 95.3 cm³/mol. The standard InChI is InChI=1S/C16H16N6O2S/c1-9(22-16(24)10-5-3-4-6-12(10)18-20-22)15(23)17-14-11-7-25-8-13(11)19-21(14)2/h3-6,9H,7-8H2,1-2H3,(H,17,23)/t9-/m0/s1. The van der Waals surface area contributed by atoms with Gasteiger partial charge in [0.1, 0.15) is 17.4 Å². The summed E-state index contributed by atoms with van der Waals surface area (Å²) in [4.78, 5) is 25.3. The topological polar surface area (TPSA) is 94.7 Å². The van der Waals surface area contributed by atoms with E-state index in [0.717, 1.165) is 27.4 Å². The third-order valence-corrected chi connectivity index (χ3v) is 5.26. The van der Waals surface area contributed by atoms with Gasteiger partial charge in [0.25, 0.3) is 5.56 Å². The second-order valence-corrected chi connectivity index (χ2v) is 6.90. The molecule has 1 aliphatic heterocycles. The van der Waals surface area contributed by atoms with E-state index in [0.29, 0.717) is 16.7 Å². The van der Waals surface area contributed by atoms with E-state index >= 15 is 0 Å². The number of hydrogen-bond donors (Lipinski definition) is 1. The molecule has 1 aromatic carbocycles. The van der Waals surface area contributed by atoms with Gasteiger partial charge >= 0.3 is 0 Å². The van der Waals surface area contributed by atoms with Crippen molar-refractivity contribution < 1.29 is 4.79 Å². The molecule has 8 nitrogen and oxygen atoms in total. The number of rotatable bonds is 3. The molecule has 25 heavy (non-hydrogen) atoms. The van der Waals surface area contributed by atoms with Gasteiger partial charge in [0.2, 0.25) is 5.91 Å². The maximum atomic E-state index is 12.7. The molecule has 2 aromatic heterocycles. The molecule has 9 heteroatoms. The first-order chi connectivity index (χ1) is 12.1. The SMILES string of the molecule is C[C@@H](C(=O)Nc1c2c(nn1C)CSC2)n1nnc2ccccc2c1=O. The van der Waals surface area contributed by atoms with Crippen LogP contribution in [0.3, 0.4) is 0 Å². The number of carbonyl (C=O) groups excluding carboxylic acids is 1. The third kappa shape index (κ3) is 2.60. The molecule has 1 atom stereocenters. The van der Waals surface area contributed by atoms with Gasteiger partial charge < -0.3 is 5.32 Å². The predicted octanol–water partition coefficient (Wildman–Crippen LogP) is 1.47. The van der Waals surface area contributed by atoms with Crippen LogP contribution in [0.5, 0.6) is 0 Å². The lowest BCUT2D eigenvalue weighted by molar-refractivity contribution is -0.119. The number of nitrogens with zero attached hydrogens (tertiary/aromatic N) is 5. The molecule has 0 saturated carbocycles. The lowest BCUT2D eigenvalue weighted by Crippen LogP contribution is -2.34. The van der Waals surface area contributed by atoms with E-state index < -0.39 is 6.04 Å². The van der Waals surface area contributed by atoms with Crippen LogP contribution in [0, 0.1) is 0 Å². The van der Waals surface area contributed by atoms with Crippen LogP contribution in [-0.2, 0) is 23.3 Å². The maximum Gasteiger partial charge on any atom is 0.278 e. The van der Waals surface area contributed by atoms with E-state index in [1.165, 1.54) is 0 Å². The van der Waals surface area contributed by atoms with Crippen molar-refractivity contribution in [3.05, 3.63) is 45.9 Å². The molecule has 4 rings (SSSR count). The van der Waals surface area contributed by atoms with Crippen LogP contribution in [0.15, 0.2) is 29.1 Å². The van der Waals surface area contributed by atoms with Crippen molar-refractivity contribution >= 4 is 34.4 Å². The number of benzene rings is 1. The van der Waals surface area contributed by atoms with Gasteiger partial charge in [-0.2, -0.15) is 21.5 Å². The Hall–Kier alpha value is -2.68. The van der Waals surface area contributed by atoms with Crippen molar-refractivity contribution in [2.24, 2.45) is 7.05 Å². The van der Waals surface area contributed by atoms with Gasteiger partial charge in [0.15, 0.2) is 0 Å². The smallest absolute Gasteiger partial charge is 0.278 e. The second kappa shape index (κ2) is 5.99. The Bertz CT molecular complexity index is 1040. The van der Waals surface area contributed by atoms with E-state index in [9.17, 15) is 9.59 Å². The van der Waals surface area contributed by atoms with Crippen molar-refractivity contribution in [1.82, 2.24) is 24.8 Å². The van der Waals surface area contributed by atoms with E-state index in [1.54, 1.807) is 54.7 Å². The zero-order valence-corrected chi connectivity index (χ0v) is 14.6. The van der Waals surface area contributed by atoms with Gasteiger partial charge in [-0.1, -0.05) is 17.3 Å². The first-order valence-electron chi connectivity index (χ1n) is 7.84. The number of anilines is 1. The lowest BCUT2D eigenvalue weighted by Gasteiger charge is -2.14. The number of nitrogens with one attached hydrogen (secondary N) is 1. The molecule has 1 amide bonds. The van der Waals surface area contributed by atoms with E-state index in [2.05, 4.69) is 20.7 Å². The molecule has 1 N–H and O–H groups in total. The molecule has 0 spiro atoms. The number of aryl methyl sites for hydroxylation is 1. The molecule has 0 fully saturated rings. The minimum Gasteiger partial charge on any atom is -0.309 e. The van der Waals surface area contributed by atoms with Crippen molar-refractivity contribution in [1.29, 1.82) is 0 Å². The van der Waals surface area contributed by atoms with E-state index in [1.807, 2.05) is 0 Å². The Morgan fingerprint density at radius 3 is 2.96 bits per heavy atom. The van der Waals surface area contributed by atoms with Gasteiger partial charge in [0.05, 0.1) is 11.1 Å². The molecule has 0 unspecified atom stereocenters. The van der Waals surface area contributed by atoms with Crippen molar-refractivity contribution in [2.75, 3.05) is 5.32 Å². The fraction of sp³-hybridized carbons (Fsp3) is 0.312. The molecule has 128 valence electrons. The highest BCUT2D eigenvalue weighted by Crippen LogP contribution is 2.34. The Balaban J connectivity index is 1.65. The number of hydrogen-bond acceptors (Lipinski definition) is 6. The number of aromatic nitrogens is 5. The quantitative estimate of drug-likeness (QED) is 0.764. The Labute approximate surface area is 147 Å². The van der Waals surface area contributed by atoms with Crippen LogP contribution in [-0.4, -0.2) is 30.7 Å². The van der Waals surface area contributed by atoms with Gasteiger partial charge in [-0.15, -0.1) is 5.10 Å². The summed E-state index contributed by atoms with van der Waals surface area (Å²) in [6.07, 6.45) is 0. The Morgan fingerprint density at radius 2 is 2.12 bits per heavy atom. The van der Waals surface area contributed by atoms with Gasteiger partial charge in [-0.25, -0.2) is 0 Å². The van der Waals surface area contributed by atoms with Crippen LogP contribution in [0.4, 0.5) is 5.82 Å². The van der Waals surface area contributed by atoms with Crippen molar-refractivity contribution in [3.8, 4) is 0 Å².